The molecule has 0 saturated heterocycles. The lowest BCUT2D eigenvalue weighted by molar-refractivity contribution is 0.640. The third kappa shape index (κ3) is 3.43. The zero-order valence-electron chi connectivity index (χ0n) is 16.5. The SMILES string of the molecule is CCC(CC)c1cc(C)n2nc(-c3ccc(SC)cc3Cl)n(CC)c(=O)c12. The largest absolute Gasteiger partial charge is 0.290 e. The number of nitrogens with zero attached hydrogens (tertiary/aromatic N) is 3. The van der Waals surface area contributed by atoms with Gasteiger partial charge >= 0.3 is 0 Å². The Balaban J connectivity index is 2.34. The number of rotatable bonds is 6. The highest BCUT2D eigenvalue weighted by atomic mass is 35.5. The first-order chi connectivity index (χ1) is 13.0. The average molecular weight is 404 g/mol. The van der Waals surface area contributed by atoms with Crippen molar-refractivity contribution in [1.82, 2.24) is 14.2 Å². The van der Waals surface area contributed by atoms with E-state index in [1.54, 1.807) is 20.8 Å². The molecule has 1 aromatic carbocycles. The van der Waals surface area contributed by atoms with Gasteiger partial charge in [0.15, 0.2) is 5.82 Å². The summed E-state index contributed by atoms with van der Waals surface area (Å²) >= 11 is 8.18. The molecule has 0 saturated carbocycles. The molecule has 0 aliphatic rings. The maximum Gasteiger partial charge on any atom is 0.278 e. The van der Waals surface area contributed by atoms with Crippen molar-refractivity contribution in [2.45, 2.75) is 57.9 Å². The van der Waals surface area contributed by atoms with Crippen molar-refractivity contribution in [2.75, 3.05) is 6.26 Å². The van der Waals surface area contributed by atoms with Crippen LogP contribution in [0, 0.1) is 6.92 Å². The highest BCUT2D eigenvalue weighted by Gasteiger charge is 2.22. The van der Waals surface area contributed by atoms with E-state index in [1.807, 2.05) is 38.3 Å². The van der Waals surface area contributed by atoms with Gasteiger partial charge in [0.2, 0.25) is 0 Å². The van der Waals surface area contributed by atoms with Crippen molar-refractivity contribution in [3.63, 3.8) is 0 Å². The second-order valence-corrected chi connectivity index (χ2v) is 8.02. The molecule has 0 aliphatic carbocycles. The van der Waals surface area contributed by atoms with Crippen LogP contribution in [0.3, 0.4) is 0 Å². The first-order valence-corrected chi connectivity index (χ1v) is 11.0. The van der Waals surface area contributed by atoms with Crippen molar-refractivity contribution < 1.29 is 0 Å². The van der Waals surface area contributed by atoms with E-state index in [9.17, 15) is 4.79 Å². The number of aromatic nitrogens is 3. The molecule has 6 heteroatoms. The van der Waals surface area contributed by atoms with Gasteiger partial charge in [0.1, 0.15) is 5.52 Å². The number of halogens is 1. The predicted octanol–water partition coefficient (Wildman–Crippen LogP) is 5.77. The van der Waals surface area contributed by atoms with Crippen molar-refractivity contribution in [1.29, 1.82) is 0 Å². The zero-order valence-corrected chi connectivity index (χ0v) is 18.1. The van der Waals surface area contributed by atoms with Crippen molar-refractivity contribution in [3.05, 3.63) is 50.9 Å². The van der Waals surface area contributed by atoms with Crippen LogP contribution in [0.15, 0.2) is 34.0 Å². The summed E-state index contributed by atoms with van der Waals surface area (Å²) in [7, 11) is 0. The topological polar surface area (TPSA) is 39.3 Å². The fourth-order valence-corrected chi connectivity index (χ4v) is 4.47. The van der Waals surface area contributed by atoms with Gasteiger partial charge in [0, 0.05) is 22.7 Å². The van der Waals surface area contributed by atoms with Gasteiger partial charge in [-0.15, -0.1) is 16.9 Å². The molecule has 0 amide bonds. The van der Waals surface area contributed by atoms with E-state index < -0.39 is 0 Å². The monoisotopic (exact) mass is 403 g/mol. The van der Waals surface area contributed by atoms with Crippen LogP contribution in [0.25, 0.3) is 16.9 Å². The van der Waals surface area contributed by atoms with E-state index in [2.05, 4.69) is 19.9 Å². The number of thioether (sulfide) groups is 1. The van der Waals surface area contributed by atoms with Crippen LogP contribution in [0.2, 0.25) is 5.02 Å². The second kappa shape index (κ2) is 8.11. The van der Waals surface area contributed by atoms with E-state index in [0.717, 1.165) is 34.6 Å². The Hall–Kier alpha value is -1.72. The van der Waals surface area contributed by atoms with E-state index in [4.69, 9.17) is 16.7 Å². The molecule has 0 radical (unpaired) electrons. The maximum atomic E-state index is 13.4. The first-order valence-electron chi connectivity index (χ1n) is 9.43. The van der Waals surface area contributed by atoms with Gasteiger partial charge in [-0.2, -0.15) is 0 Å². The molecule has 27 heavy (non-hydrogen) atoms. The standard InChI is InChI=1S/C21H26ClN3OS/c1-6-14(7-2)17-11-13(4)25-19(17)21(26)24(8-3)20(23-25)16-10-9-15(27-5)12-18(16)22/h9-12,14H,6-8H2,1-5H3. The van der Waals surface area contributed by atoms with E-state index in [-0.39, 0.29) is 5.56 Å². The van der Waals surface area contributed by atoms with E-state index in [0.29, 0.717) is 28.8 Å². The molecule has 0 aliphatic heterocycles. The predicted molar refractivity (Wildman–Crippen MR) is 115 cm³/mol. The summed E-state index contributed by atoms with van der Waals surface area (Å²) in [5, 5.41) is 5.46. The Morgan fingerprint density at radius 1 is 1.19 bits per heavy atom. The van der Waals surface area contributed by atoms with Gasteiger partial charge in [-0.05, 0) is 68.7 Å². The molecule has 0 bridgehead atoms. The minimum absolute atomic E-state index is 0.00232. The highest BCUT2D eigenvalue weighted by molar-refractivity contribution is 7.98. The van der Waals surface area contributed by atoms with Crippen LogP contribution in [0.5, 0.6) is 0 Å². The quantitative estimate of drug-likeness (QED) is 0.490. The lowest BCUT2D eigenvalue weighted by atomic mass is 9.95. The molecule has 144 valence electrons. The van der Waals surface area contributed by atoms with E-state index in [1.165, 1.54) is 0 Å². The first kappa shape index (κ1) is 20.0. The summed E-state index contributed by atoms with van der Waals surface area (Å²) < 4.78 is 3.54. The fourth-order valence-electron chi connectivity index (χ4n) is 3.71. The number of aryl methyl sites for hydroxylation is 1. The Morgan fingerprint density at radius 2 is 1.89 bits per heavy atom. The number of fused-ring (bicyclic) bond motifs is 1. The van der Waals surface area contributed by atoms with Crippen LogP contribution in [-0.4, -0.2) is 20.4 Å². The third-order valence-corrected chi connectivity index (χ3v) is 6.28. The summed E-state index contributed by atoms with van der Waals surface area (Å²) in [5.74, 6) is 0.978. The molecule has 3 aromatic rings. The fraction of sp³-hybridized carbons (Fsp3) is 0.429. The Labute approximate surface area is 169 Å². The van der Waals surface area contributed by atoms with Gasteiger partial charge in [0.25, 0.3) is 5.56 Å². The molecule has 2 heterocycles. The molecular weight excluding hydrogens is 378 g/mol. The third-order valence-electron chi connectivity index (χ3n) is 5.24. The Bertz CT molecular complexity index is 1030. The normalized spacial score (nSPS) is 11.7. The maximum absolute atomic E-state index is 13.4. The Kier molecular flexibility index (Phi) is 6.02. The van der Waals surface area contributed by atoms with Gasteiger partial charge in [-0.3, -0.25) is 9.36 Å². The summed E-state index contributed by atoms with van der Waals surface area (Å²) in [5.41, 5.74) is 3.57. The van der Waals surface area contributed by atoms with Gasteiger partial charge in [0.05, 0.1) is 5.02 Å². The van der Waals surface area contributed by atoms with Crippen molar-refractivity contribution >= 4 is 28.9 Å². The molecule has 0 N–H and O–H groups in total. The van der Waals surface area contributed by atoms with Gasteiger partial charge < -0.3 is 0 Å². The summed E-state index contributed by atoms with van der Waals surface area (Å²) in [6.07, 6.45) is 4.02. The smallest absolute Gasteiger partial charge is 0.278 e. The van der Waals surface area contributed by atoms with Gasteiger partial charge in [-0.25, -0.2) is 4.52 Å². The second-order valence-electron chi connectivity index (χ2n) is 6.73. The summed E-state index contributed by atoms with van der Waals surface area (Å²) in [4.78, 5) is 14.5. The van der Waals surface area contributed by atoms with Crippen molar-refractivity contribution in [2.24, 2.45) is 0 Å². The molecule has 3 rings (SSSR count). The summed E-state index contributed by atoms with van der Waals surface area (Å²) in [6, 6.07) is 8.01. The number of hydrogen-bond acceptors (Lipinski definition) is 3. The Morgan fingerprint density at radius 3 is 2.44 bits per heavy atom. The molecule has 4 nitrogen and oxygen atoms in total. The lowest BCUT2D eigenvalue weighted by Gasteiger charge is -2.15. The van der Waals surface area contributed by atoms with Crippen LogP contribution in [0.1, 0.15) is 50.8 Å². The summed E-state index contributed by atoms with van der Waals surface area (Å²) in [6.45, 7) is 8.86. The molecule has 0 unspecified atom stereocenters. The minimum atomic E-state index is 0.00232. The van der Waals surface area contributed by atoms with Gasteiger partial charge in [-0.1, -0.05) is 25.4 Å². The van der Waals surface area contributed by atoms with Crippen LogP contribution >= 0.6 is 23.4 Å². The van der Waals surface area contributed by atoms with Crippen LogP contribution in [-0.2, 0) is 6.54 Å². The molecule has 2 aromatic heterocycles. The average Bonchev–Trinajstić information content (AvgIpc) is 2.99. The van der Waals surface area contributed by atoms with Crippen molar-refractivity contribution in [3.8, 4) is 11.4 Å². The highest BCUT2D eigenvalue weighted by Crippen LogP contribution is 2.32. The minimum Gasteiger partial charge on any atom is -0.290 e. The van der Waals surface area contributed by atoms with E-state index >= 15 is 0 Å². The van der Waals surface area contributed by atoms with Crippen LogP contribution in [0.4, 0.5) is 0 Å². The van der Waals surface area contributed by atoms with Crippen LogP contribution < -0.4 is 5.56 Å². The molecule has 0 atom stereocenters. The number of benzene rings is 1. The molecular formula is C21H26ClN3OS. The number of hydrogen-bond donors (Lipinski definition) is 0. The molecule has 0 fully saturated rings. The lowest BCUT2D eigenvalue weighted by Crippen LogP contribution is -2.26. The zero-order chi connectivity index (χ0) is 19.7. The molecule has 0 spiro atoms.